The first-order chi connectivity index (χ1) is 17.7. The summed E-state index contributed by atoms with van der Waals surface area (Å²) >= 11 is 6.32. The lowest BCUT2D eigenvalue weighted by Crippen LogP contribution is -2.45. The summed E-state index contributed by atoms with van der Waals surface area (Å²) < 4.78 is 41.3. The normalized spacial score (nSPS) is 18.5. The van der Waals surface area contributed by atoms with Crippen molar-refractivity contribution in [2.24, 2.45) is 11.8 Å². The first kappa shape index (κ1) is 27.3. The number of nitrogens with one attached hydrogen (secondary N) is 1. The van der Waals surface area contributed by atoms with Crippen molar-refractivity contribution >= 4 is 29.1 Å². The molecule has 0 radical (unpaired) electrons. The minimum atomic E-state index is -4.61. The highest BCUT2D eigenvalue weighted by atomic mass is 35.5. The van der Waals surface area contributed by atoms with Crippen LogP contribution in [0.5, 0.6) is 0 Å². The van der Waals surface area contributed by atoms with Crippen LogP contribution in [-0.4, -0.2) is 56.1 Å². The third-order valence-corrected chi connectivity index (χ3v) is 8.02. The van der Waals surface area contributed by atoms with E-state index in [4.69, 9.17) is 11.6 Å². The minimum absolute atomic E-state index is 0.00144. The molecule has 0 aromatic heterocycles. The molecule has 2 amide bonds. The molecule has 200 valence electrons. The molecule has 0 saturated carbocycles. The van der Waals surface area contributed by atoms with Crippen LogP contribution in [0.3, 0.4) is 0 Å². The van der Waals surface area contributed by atoms with Crippen LogP contribution in [0.4, 0.5) is 18.9 Å². The van der Waals surface area contributed by atoms with Crippen molar-refractivity contribution in [3.8, 4) is 0 Å². The number of benzene rings is 2. The van der Waals surface area contributed by atoms with Gasteiger partial charge in [0.05, 0.1) is 10.6 Å². The number of piperidine rings is 2. The molecule has 0 bridgehead atoms. The van der Waals surface area contributed by atoms with Crippen molar-refractivity contribution in [2.75, 3.05) is 38.1 Å². The Hall–Kier alpha value is -2.74. The van der Waals surface area contributed by atoms with Crippen LogP contribution in [0.25, 0.3) is 0 Å². The van der Waals surface area contributed by atoms with Crippen LogP contribution in [0.15, 0.2) is 48.5 Å². The monoisotopic (exact) mass is 535 g/mol. The number of likely N-dealkylation sites (tertiary alicyclic amines) is 1. The molecule has 5 nitrogen and oxygen atoms in total. The van der Waals surface area contributed by atoms with Gasteiger partial charge in [-0.05, 0) is 67.7 Å². The topological polar surface area (TPSA) is 52.7 Å². The number of hydrogen-bond donors (Lipinski definition) is 1. The summed E-state index contributed by atoms with van der Waals surface area (Å²) in [6, 6.07) is 13.0. The maximum absolute atomic E-state index is 13.8. The van der Waals surface area contributed by atoms with Crippen molar-refractivity contribution in [3.05, 3.63) is 64.7 Å². The maximum atomic E-state index is 13.8. The van der Waals surface area contributed by atoms with Crippen molar-refractivity contribution in [2.45, 2.75) is 44.2 Å². The van der Waals surface area contributed by atoms with E-state index in [0.29, 0.717) is 35.5 Å². The molecule has 2 saturated heterocycles. The number of anilines is 1. The molecule has 0 aliphatic carbocycles. The molecule has 2 aliphatic rings. The van der Waals surface area contributed by atoms with Gasteiger partial charge >= 0.3 is 6.18 Å². The van der Waals surface area contributed by atoms with E-state index in [1.54, 1.807) is 19.2 Å². The van der Waals surface area contributed by atoms with Gasteiger partial charge in [-0.1, -0.05) is 41.9 Å². The summed E-state index contributed by atoms with van der Waals surface area (Å²) in [5.74, 6) is -2.18. The maximum Gasteiger partial charge on any atom is 0.404 e. The van der Waals surface area contributed by atoms with Crippen LogP contribution in [0, 0.1) is 11.8 Å². The third kappa shape index (κ3) is 6.58. The van der Waals surface area contributed by atoms with Gasteiger partial charge in [0, 0.05) is 38.9 Å². The smallest absolute Gasteiger partial charge is 0.371 e. The van der Waals surface area contributed by atoms with Gasteiger partial charge in [0.1, 0.15) is 0 Å². The lowest BCUT2D eigenvalue weighted by Gasteiger charge is -2.38. The standard InChI is InChI=1S/C28H33ClF3N3O2/c1-33-26(36)23-8-7-22(18-24(23)29)34-13-9-19(10-14-34)17-20-11-15-35(16-12-20)27(37)25(28(30,31)32)21-5-3-2-4-6-21/h2-8,18-20,25H,9-17H2,1H3,(H,33,36). The van der Waals surface area contributed by atoms with Crippen LogP contribution in [0.2, 0.25) is 5.02 Å². The summed E-state index contributed by atoms with van der Waals surface area (Å²) in [7, 11) is 1.57. The second-order valence-corrected chi connectivity index (χ2v) is 10.5. The molecule has 4 rings (SSSR count). The Balaban J connectivity index is 1.27. The summed E-state index contributed by atoms with van der Waals surface area (Å²) in [6.45, 7) is 2.53. The molecule has 1 unspecified atom stereocenters. The third-order valence-electron chi connectivity index (χ3n) is 7.70. The van der Waals surface area contributed by atoms with E-state index in [1.165, 1.54) is 29.2 Å². The predicted octanol–water partition coefficient (Wildman–Crippen LogP) is 5.89. The molecule has 2 aromatic rings. The van der Waals surface area contributed by atoms with Crippen molar-refractivity contribution < 1.29 is 22.8 Å². The highest BCUT2D eigenvalue weighted by Gasteiger charge is 2.48. The van der Waals surface area contributed by atoms with E-state index in [0.717, 1.165) is 50.9 Å². The van der Waals surface area contributed by atoms with Crippen molar-refractivity contribution in [3.63, 3.8) is 0 Å². The molecule has 9 heteroatoms. The van der Waals surface area contributed by atoms with E-state index in [1.807, 2.05) is 12.1 Å². The van der Waals surface area contributed by atoms with E-state index in [2.05, 4.69) is 10.2 Å². The summed E-state index contributed by atoms with van der Waals surface area (Å²) in [6.07, 6.45) is -0.0517. The van der Waals surface area contributed by atoms with Gasteiger partial charge in [0.2, 0.25) is 5.91 Å². The Bertz CT molecular complexity index is 1080. The fourth-order valence-corrected chi connectivity index (χ4v) is 5.87. The summed E-state index contributed by atoms with van der Waals surface area (Å²) in [4.78, 5) is 28.4. The second kappa shape index (κ2) is 11.8. The number of carbonyl (C=O) groups excluding carboxylic acids is 2. The number of halogens is 4. The molecule has 2 fully saturated rings. The zero-order valence-electron chi connectivity index (χ0n) is 20.9. The van der Waals surface area contributed by atoms with Crippen LogP contribution < -0.4 is 10.2 Å². The number of nitrogens with zero attached hydrogens (tertiary/aromatic N) is 2. The van der Waals surface area contributed by atoms with Gasteiger partial charge < -0.3 is 15.1 Å². The number of alkyl halides is 3. The van der Waals surface area contributed by atoms with Crippen LogP contribution in [-0.2, 0) is 4.79 Å². The number of hydrogen-bond acceptors (Lipinski definition) is 3. The zero-order chi connectivity index (χ0) is 26.6. The van der Waals surface area contributed by atoms with Gasteiger partial charge in [0.15, 0.2) is 5.92 Å². The number of carbonyl (C=O) groups is 2. The first-order valence-corrected chi connectivity index (χ1v) is 13.2. The average molecular weight is 536 g/mol. The first-order valence-electron chi connectivity index (χ1n) is 12.8. The molecule has 1 atom stereocenters. The highest BCUT2D eigenvalue weighted by Crippen LogP contribution is 2.38. The zero-order valence-corrected chi connectivity index (χ0v) is 21.7. The fourth-order valence-electron chi connectivity index (χ4n) is 5.61. The SMILES string of the molecule is CNC(=O)c1ccc(N2CCC(CC3CCN(C(=O)C(c4ccccc4)C(F)(F)F)CC3)CC2)cc1Cl. The minimum Gasteiger partial charge on any atom is -0.371 e. The Kier molecular flexibility index (Phi) is 8.67. The van der Waals surface area contributed by atoms with Crippen molar-refractivity contribution in [1.29, 1.82) is 0 Å². The molecule has 37 heavy (non-hydrogen) atoms. The van der Waals surface area contributed by atoms with E-state index in [9.17, 15) is 22.8 Å². The predicted molar refractivity (Wildman–Crippen MR) is 139 cm³/mol. The Labute approximate surface area is 221 Å². The van der Waals surface area contributed by atoms with Crippen LogP contribution in [0.1, 0.15) is 53.9 Å². The van der Waals surface area contributed by atoms with Crippen LogP contribution >= 0.6 is 11.6 Å². The largest absolute Gasteiger partial charge is 0.404 e. The quantitative estimate of drug-likeness (QED) is 0.502. The molecular formula is C28H33ClF3N3O2. The number of amides is 2. The Morgan fingerprint density at radius 1 is 0.973 bits per heavy atom. The fraction of sp³-hybridized carbons (Fsp3) is 0.500. The number of rotatable bonds is 6. The van der Waals surface area contributed by atoms with Gasteiger partial charge in [-0.2, -0.15) is 13.2 Å². The van der Waals surface area contributed by atoms with Gasteiger partial charge in [-0.3, -0.25) is 9.59 Å². The molecule has 0 spiro atoms. The molecule has 2 aromatic carbocycles. The van der Waals surface area contributed by atoms with Crippen molar-refractivity contribution in [1.82, 2.24) is 10.2 Å². The van der Waals surface area contributed by atoms with Gasteiger partial charge in [-0.25, -0.2) is 0 Å². The molecule has 2 aliphatic heterocycles. The lowest BCUT2D eigenvalue weighted by atomic mass is 9.82. The summed E-state index contributed by atoms with van der Waals surface area (Å²) in [5, 5.41) is 3.02. The molecular weight excluding hydrogens is 503 g/mol. The highest BCUT2D eigenvalue weighted by molar-refractivity contribution is 6.34. The second-order valence-electron chi connectivity index (χ2n) is 10.1. The van der Waals surface area contributed by atoms with Gasteiger partial charge in [0.25, 0.3) is 5.91 Å². The average Bonchev–Trinajstić information content (AvgIpc) is 2.89. The van der Waals surface area contributed by atoms with E-state index >= 15 is 0 Å². The molecule has 2 heterocycles. The van der Waals surface area contributed by atoms with E-state index < -0.39 is 18.0 Å². The lowest BCUT2D eigenvalue weighted by molar-refractivity contribution is -0.173. The Morgan fingerprint density at radius 3 is 2.11 bits per heavy atom. The molecule has 1 N–H and O–H groups in total. The van der Waals surface area contributed by atoms with E-state index in [-0.39, 0.29) is 11.5 Å². The Morgan fingerprint density at radius 2 is 1.57 bits per heavy atom. The van der Waals surface area contributed by atoms with Gasteiger partial charge in [-0.15, -0.1) is 0 Å². The summed E-state index contributed by atoms with van der Waals surface area (Å²) in [5.41, 5.74) is 1.46.